The molecule has 0 radical (unpaired) electrons. The standard InChI is InChI=1S/C21H28N2O2S/c1-13-7-10-18(14(2)12-13)21-23-16(4)19(26-21)20(24)22-15(3)8-9-17-6-5-11-25-17/h7,10,12,15,17H,5-6,8-9,11H2,1-4H3,(H,22,24)/t15-,17-/m1/s1. The topological polar surface area (TPSA) is 51.2 Å². The number of nitrogens with zero attached hydrogens (tertiary/aromatic N) is 1. The Morgan fingerprint density at radius 1 is 1.38 bits per heavy atom. The molecule has 0 unspecified atom stereocenters. The highest BCUT2D eigenvalue weighted by atomic mass is 32.1. The maximum absolute atomic E-state index is 12.7. The third-order valence-corrected chi connectivity index (χ3v) is 6.13. The van der Waals surface area contributed by atoms with Gasteiger partial charge < -0.3 is 10.1 Å². The van der Waals surface area contributed by atoms with Gasteiger partial charge in [0, 0.05) is 18.2 Å². The van der Waals surface area contributed by atoms with Gasteiger partial charge in [-0.2, -0.15) is 0 Å². The third kappa shape index (κ3) is 4.51. The Labute approximate surface area is 160 Å². The van der Waals surface area contributed by atoms with Gasteiger partial charge in [0.25, 0.3) is 5.91 Å². The number of ether oxygens (including phenoxy) is 1. The lowest BCUT2D eigenvalue weighted by atomic mass is 10.1. The van der Waals surface area contributed by atoms with Crippen LogP contribution < -0.4 is 5.32 Å². The number of thiazole rings is 1. The van der Waals surface area contributed by atoms with E-state index < -0.39 is 0 Å². The number of aryl methyl sites for hydroxylation is 3. The van der Waals surface area contributed by atoms with Crippen LogP contribution in [-0.4, -0.2) is 29.6 Å². The SMILES string of the molecule is Cc1ccc(-c2nc(C)c(C(=O)N[C@H](C)CC[C@H]3CCCO3)s2)c(C)c1. The van der Waals surface area contributed by atoms with Gasteiger partial charge in [-0.05, 0) is 58.9 Å². The summed E-state index contributed by atoms with van der Waals surface area (Å²) in [5.74, 6) is -0.0177. The Morgan fingerprint density at radius 3 is 2.88 bits per heavy atom. The Hall–Kier alpha value is -1.72. The Kier molecular flexibility index (Phi) is 6.09. The molecule has 2 heterocycles. The minimum atomic E-state index is -0.0177. The number of benzene rings is 1. The molecule has 26 heavy (non-hydrogen) atoms. The van der Waals surface area contributed by atoms with Crippen molar-refractivity contribution < 1.29 is 9.53 Å². The minimum absolute atomic E-state index is 0.0177. The highest BCUT2D eigenvalue weighted by Gasteiger charge is 2.20. The summed E-state index contributed by atoms with van der Waals surface area (Å²) in [6, 6.07) is 6.47. The number of rotatable bonds is 6. The molecule has 5 heteroatoms. The molecule has 0 saturated carbocycles. The second kappa shape index (κ2) is 8.31. The fourth-order valence-corrected chi connectivity index (χ4v) is 4.51. The van der Waals surface area contributed by atoms with Crippen molar-refractivity contribution in [1.29, 1.82) is 0 Å². The van der Waals surface area contributed by atoms with Crippen LogP contribution in [0.25, 0.3) is 10.6 Å². The van der Waals surface area contributed by atoms with Gasteiger partial charge in [0.05, 0.1) is 11.8 Å². The van der Waals surface area contributed by atoms with Crippen LogP contribution in [0.3, 0.4) is 0 Å². The highest BCUT2D eigenvalue weighted by Crippen LogP contribution is 2.30. The van der Waals surface area contributed by atoms with Crippen molar-refractivity contribution in [3.05, 3.63) is 39.9 Å². The van der Waals surface area contributed by atoms with Gasteiger partial charge in [-0.15, -0.1) is 11.3 Å². The van der Waals surface area contributed by atoms with Crippen LogP contribution in [0.2, 0.25) is 0 Å². The quantitative estimate of drug-likeness (QED) is 0.791. The van der Waals surface area contributed by atoms with Crippen LogP contribution >= 0.6 is 11.3 Å². The van der Waals surface area contributed by atoms with E-state index in [1.807, 2.05) is 6.92 Å². The first-order chi connectivity index (χ1) is 12.4. The van der Waals surface area contributed by atoms with Crippen LogP contribution in [0.5, 0.6) is 0 Å². The molecule has 1 aliphatic rings. The second-order valence-corrected chi connectivity index (χ2v) is 8.34. The summed E-state index contributed by atoms with van der Waals surface area (Å²) in [5, 5.41) is 4.04. The predicted octanol–water partition coefficient (Wildman–Crippen LogP) is 4.81. The maximum Gasteiger partial charge on any atom is 0.263 e. The van der Waals surface area contributed by atoms with Crippen molar-refractivity contribution in [2.24, 2.45) is 0 Å². The first-order valence-electron chi connectivity index (χ1n) is 9.41. The Balaban J connectivity index is 1.65. The monoisotopic (exact) mass is 372 g/mol. The number of amides is 1. The fourth-order valence-electron chi connectivity index (χ4n) is 3.45. The third-order valence-electron chi connectivity index (χ3n) is 4.94. The maximum atomic E-state index is 12.7. The van der Waals surface area contributed by atoms with E-state index in [1.54, 1.807) is 0 Å². The number of aromatic nitrogens is 1. The van der Waals surface area contributed by atoms with Crippen molar-refractivity contribution in [1.82, 2.24) is 10.3 Å². The van der Waals surface area contributed by atoms with Crippen LogP contribution in [0.15, 0.2) is 18.2 Å². The molecule has 1 aliphatic heterocycles. The summed E-state index contributed by atoms with van der Waals surface area (Å²) in [6.07, 6.45) is 4.63. The summed E-state index contributed by atoms with van der Waals surface area (Å²) in [5.41, 5.74) is 4.33. The molecule has 0 spiro atoms. The lowest BCUT2D eigenvalue weighted by Gasteiger charge is -2.16. The number of hydrogen-bond donors (Lipinski definition) is 1. The lowest BCUT2D eigenvalue weighted by molar-refractivity contribution is 0.0902. The molecule has 1 fully saturated rings. The van der Waals surface area contributed by atoms with Gasteiger partial charge in [-0.1, -0.05) is 23.8 Å². The molecule has 1 amide bonds. The fraction of sp³-hybridized carbons (Fsp3) is 0.524. The van der Waals surface area contributed by atoms with Crippen molar-refractivity contribution in [3.8, 4) is 10.6 Å². The van der Waals surface area contributed by atoms with E-state index in [9.17, 15) is 4.79 Å². The minimum Gasteiger partial charge on any atom is -0.378 e. The van der Waals surface area contributed by atoms with E-state index in [4.69, 9.17) is 4.74 Å². The molecule has 4 nitrogen and oxygen atoms in total. The summed E-state index contributed by atoms with van der Waals surface area (Å²) >= 11 is 1.48. The number of nitrogens with one attached hydrogen (secondary N) is 1. The van der Waals surface area contributed by atoms with Crippen LogP contribution in [-0.2, 0) is 4.74 Å². The van der Waals surface area contributed by atoms with Crippen LogP contribution in [0.4, 0.5) is 0 Å². The van der Waals surface area contributed by atoms with Gasteiger partial charge in [-0.3, -0.25) is 4.79 Å². The van der Waals surface area contributed by atoms with Gasteiger partial charge in [0.2, 0.25) is 0 Å². The Bertz CT molecular complexity index is 778. The van der Waals surface area contributed by atoms with Crippen molar-refractivity contribution in [3.63, 3.8) is 0 Å². The van der Waals surface area contributed by atoms with Crippen molar-refractivity contribution >= 4 is 17.2 Å². The highest BCUT2D eigenvalue weighted by molar-refractivity contribution is 7.17. The second-order valence-electron chi connectivity index (χ2n) is 7.34. The zero-order chi connectivity index (χ0) is 18.7. The smallest absolute Gasteiger partial charge is 0.263 e. The molecular weight excluding hydrogens is 344 g/mol. The van der Waals surface area contributed by atoms with E-state index in [2.05, 4.69) is 49.3 Å². The molecule has 1 aromatic heterocycles. The van der Waals surface area contributed by atoms with Crippen molar-refractivity contribution in [2.45, 2.75) is 65.5 Å². The predicted molar refractivity (Wildman–Crippen MR) is 107 cm³/mol. The lowest BCUT2D eigenvalue weighted by Crippen LogP contribution is -2.33. The molecule has 3 rings (SSSR count). The molecule has 2 aromatic rings. The number of carbonyl (C=O) groups excluding carboxylic acids is 1. The summed E-state index contributed by atoms with van der Waals surface area (Å²) < 4.78 is 5.66. The Morgan fingerprint density at radius 2 is 2.19 bits per heavy atom. The molecule has 2 atom stereocenters. The van der Waals surface area contributed by atoms with E-state index in [-0.39, 0.29) is 11.9 Å². The zero-order valence-corrected chi connectivity index (χ0v) is 16.9. The van der Waals surface area contributed by atoms with Crippen LogP contribution in [0, 0.1) is 20.8 Å². The first-order valence-corrected chi connectivity index (χ1v) is 10.2. The number of hydrogen-bond acceptors (Lipinski definition) is 4. The van der Waals surface area contributed by atoms with Crippen LogP contribution in [0.1, 0.15) is 59.1 Å². The van der Waals surface area contributed by atoms with Gasteiger partial charge in [0.1, 0.15) is 9.88 Å². The van der Waals surface area contributed by atoms with E-state index in [1.165, 1.54) is 22.5 Å². The average molecular weight is 373 g/mol. The molecule has 0 aliphatic carbocycles. The molecule has 1 saturated heterocycles. The zero-order valence-electron chi connectivity index (χ0n) is 16.1. The average Bonchev–Trinajstić information content (AvgIpc) is 3.22. The largest absolute Gasteiger partial charge is 0.378 e. The summed E-state index contributed by atoms with van der Waals surface area (Å²) in [7, 11) is 0. The van der Waals surface area contributed by atoms with E-state index in [0.29, 0.717) is 11.0 Å². The number of carbonyl (C=O) groups is 1. The molecular formula is C21H28N2O2S. The van der Waals surface area contributed by atoms with E-state index in [0.717, 1.165) is 48.6 Å². The summed E-state index contributed by atoms with van der Waals surface area (Å²) in [4.78, 5) is 18.0. The van der Waals surface area contributed by atoms with Gasteiger partial charge in [-0.25, -0.2) is 4.98 Å². The first kappa shape index (κ1) is 19.1. The van der Waals surface area contributed by atoms with Gasteiger partial charge in [0.15, 0.2) is 0 Å². The molecule has 140 valence electrons. The van der Waals surface area contributed by atoms with Gasteiger partial charge >= 0.3 is 0 Å². The van der Waals surface area contributed by atoms with E-state index >= 15 is 0 Å². The molecule has 1 N–H and O–H groups in total. The van der Waals surface area contributed by atoms with Crippen molar-refractivity contribution in [2.75, 3.05) is 6.61 Å². The normalized spacial score (nSPS) is 18.1. The molecule has 0 bridgehead atoms. The summed E-state index contributed by atoms with van der Waals surface area (Å²) in [6.45, 7) is 9.03. The molecule has 1 aromatic carbocycles.